The lowest BCUT2D eigenvalue weighted by Gasteiger charge is -2.23. The van der Waals surface area contributed by atoms with E-state index < -0.39 is 39.2 Å². The Bertz CT molecular complexity index is 2690. The largest absolute Gasteiger partial charge is 0.508 e. The van der Waals surface area contributed by atoms with E-state index in [-0.39, 0.29) is 68.4 Å². The minimum atomic E-state index is -3.80. The van der Waals surface area contributed by atoms with Crippen molar-refractivity contribution in [2.24, 2.45) is 7.05 Å². The summed E-state index contributed by atoms with van der Waals surface area (Å²) in [7, 11) is -2.28. The van der Waals surface area contributed by atoms with Gasteiger partial charge in [0.2, 0.25) is 15.9 Å². The molecule has 7 aromatic rings. The van der Waals surface area contributed by atoms with Gasteiger partial charge in [-0.05, 0) is 60.2 Å². The van der Waals surface area contributed by atoms with Gasteiger partial charge in [-0.1, -0.05) is 11.6 Å². The Morgan fingerprint density at radius 1 is 1.08 bits per heavy atom. The first-order valence-corrected chi connectivity index (χ1v) is 17.4. The number of fused-ring (bicyclic) bond motifs is 3. The van der Waals surface area contributed by atoms with Crippen LogP contribution in [0.1, 0.15) is 23.1 Å². The standard InChI is InChI=1S/C33H26ClF2N9O5S/c1-44-29-26(8-6-22(34)28(29)31(42-44)43-51(2,49)50)45-32(39-30-20(33(45)48)4-3-9-37-30)25(12-16-10-17(35)13-18(36)11-16)38-27(47)15-24-21-14-19(46)5-7-23(21)40-41-24/h3-11,13-14,25,46H,12,15H2,1-2H3,(H,38,47)(H,40,41)(H,42,43)/t25-/m0/s1. The van der Waals surface area contributed by atoms with E-state index in [1.165, 1.54) is 52.8 Å². The number of sulfonamides is 1. The third kappa shape index (κ3) is 6.55. The summed E-state index contributed by atoms with van der Waals surface area (Å²) in [6.07, 6.45) is 1.88. The van der Waals surface area contributed by atoms with Crippen molar-refractivity contribution in [3.63, 3.8) is 0 Å². The van der Waals surface area contributed by atoms with Crippen molar-refractivity contribution in [1.82, 2.24) is 39.8 Å². The second-order valence-corrected chi connectivity index (χ2v) is 14.0. The van der Waals surface area contributed by atoms with Gasteiger partial charge in [0.1, 0.15) is 23.2 Å². The van der Waals surface area contributed by atoms with Gasteiger partial charge >= 0.3 is 0 Å². The molecule has 4 aromatic heterocycles. The maximum Gasteiger partial charge on any atom is 0.267 e. The van der Waals surface area contributed by atoms with Crippen LogP contribution < -0.4 is 15.6 Å². The highest BCUT2D eigenvalue weighted by Gasteiger charge is 2.28. The van der Waals surface area contributed by atoms with Gasteiger partial charge in [0.05, 0.1) is 56.9 Å². The van der Waals surface area contributed by atoms with Gasteiger partial charge in [0.15, 0.2) is 11.5 Å². The van der Waals surface area contributed by atoms with Crippen molar-refractivity contribution in [3.8, 4) is 11.4 Å². The monoisotopic (exact) mass is 733 g/mol. The van der Waals surface area contributed by atoms with Crippen LogP contribution in [0.3, 0.4) is 0 Å². The van der Waals surface area contributed by atoms with Crippen LogP contribution in [0.2, 0.25) is 5.02 Å². The number of carbonyl (C=O) groups excluding carboxylic acids is 1. The first kappa shape index (κ1) is 33.6. The molecule has 0 aliphatic rings. The summed E-state index contributed by atoms with van der Waals surface area (Å²) < 4.78 is 58.2. The Morgan fingerprint density at radius 2 is 1.84 bits per heavy atom. The molecular weight excluding hydrogens is 708 g/mol. The SMILES string of the molecule is Cn1nc(NS(C)(=O)=O)c2c(Cl)ccc(-n3c([C@H](Cc4cc(F)cc(F)c4)NC(=O)Cc4[nH]nc5ccc(O)cc45)nc4ncccc4c3=O)c21. The summed E-state index contributed by atoms with van der Waals surface area (Å²) in [6.45, 7) is 0. The molecule has 3 aromatic carbocycles. The van der Waals surface area contributed by atoms with Gasteiger partial charge in [0, 0.05) is 31.1 Å². The van der Waals surface area contributed by atoms with Gasteiger partial charge in [-0.3, -0.25) is 28.7 Å². The summed E-state index contributed by atoms with van der Waals surface area (Å²) in [5.74, 6) is -2.50. The number of hydrogen-bond acceptors (Lipinski definition) is 9. The second-order valence-electron chi connectivity index (χ2n) is 11.8. The van der Waals surface area contributed by atoms with Crippen LogP contribution in [0.15, 0.2) is 71.7 Å². The number of benzene rings is 3. The third-order valence-electron chi connectivity index (χ3n) is 8.07. The maximum atomic E-state index is 14.5. The zero-order valence-electron chi connectivity index (χ0n) is 26.6. The van der Waals surface area contributed by atoms with Crippen LogP contribution in [0.5, 0.6) is 5.75 Å². The number of rotatable bonds is 9. The fraction of sp³-hybridized carbons (Fsp3) is 0.152. The molecule has 51 heavy (non-hydrogen) atoms. The van der Waals surface area contributed by atoms with E-state index >= 15 is 0 Å². The quantitative estimate of drug-likeness (QED) is 0.169. The van der Waals surface area contributed by atoms with Crippen LogP contribution in [-0.4, -0.2) is 60.2 Å². The molecule has 0 aliphatic heterocycles. The van der Waals surface area contributed by atoms with Crippen LogP contribution in [0, 0.1) is 11.6 Å². The zero-order chi connectivity index (χ0) is 36.2. The van der Waals surface area contributed by atoms with Crippen molar-refractivity contribution < 1.29 is 27.1 Å². The molecule has 0 aliphatic carbocycles. The molecule has 0 bridgehead atoms. The van der Waals surface area contributed by atoms with E-state index in [0.29, 0.717) is 22.7 Å². The van der Waals surface area contributed by atoms with Crippen LogP contribution in [0.25, 0.3) is 38.5 Å². The molecule has 1 amide bonds. The highest BCUT2D eigenvalue weighted by atomic mass is 35.5. The number of pyridine rings is 1. The number of carbonyl (C=O) groups is 1. The van der Waals surface area contributed by atoms with Gasteiger partial charge < -0.3 is 10.4 Å². The van der Waals surface area contributed by atoms with E-state index in [2.05, 4.69) is 30.3 Å². The minimum absolute atomic E-state index is 0.0307. The number of phenolic OH excluding ortho intramolecular Hbond substituents is 1. The first-order chi connectivity index (χ1) is 24.3. The Hall–Kier alpha value is -5.94. The maximum absolute atomic E-state index is 14.5. The topological polar surface area (TPSA) is 190 Å². The predicted octanol–water partition coefficient (Wildman–Crippen LogP) is 4.20. The molecular formula is C33H26ClF2N9O5S. The number of aromatic hydroxyl groups is 1. The number of nitrogens with zero attached hydrogens (tertiary/aromatic N) is 6. The second kappa shape index (κ2) is 12.7. The smallest absolute Gasteiger partial charge is 0.267 e. The van der Waals surface area contributed by atoms with Gasteiger partial charge in [-0.2, -0.15) is 10.2 Å². The fourth-order valence-corrected chi connectivity index (χ4v) is 6.79. The molecule has 0 spiro atoms. The summed E-state index contributed by atoms with van der Waals surface area (Å²) in [4.78, 5) is 37.2. The molecule has 4 N–H and O–H groups in total. The number of aryl methyl sites for hydroxylation is 1. The molecule has 7 rings (SSSR count). The lowest BCUT2D eigenvalue weighted by Crippen LogP contribution is -2.36. The summed E-state index contributed by atoms with van der Waals surface area (Å²) in [6, 6.07) is 12.2. The molecule has 0 fully saturated rings. The van der Waals surface area contributed by atoms with Crippen molar-refractivity contribution >= 4 is 66.2 Å². The molecule has 14 nitrogen and oxygen atoms in total. The van der Waals surface area contributed by atoms with E-state index in [9.17, 15) is 31.9 Å². The minimum Gasteiger partial charge on any atom is -0.508 e. The lowest BCUT2D eigenvalue weighted by atomic mass is 10.0. The Kier molecular flexibility index (Phi) is 8.39. The Balaban J connectivity index is 1.44. The molecule has 18 heteroatoms. The summed E-state index contributed by atoms with van der Waals surface area (Å²) >= 11 is 6.57. The molecule has 1 atom stereocenters. The van der Waals surface area contributed by atoms with Crippen LogP contribution >= 0.6 is 11.6 Å². The number of hydrogen-bond donors (Lipinski definition) is 4. The number of aromatic amines is 1. The Labute approximate surface area is 291 Å². The van der Waals surface area contributed by atoms with Crippen molar-refractivity contribution in [2.45, 2.75) is 18.9 Å². The van der Waals surface area contributed by atoms with Crippen molar-refractivity contribution in [1.29, 1.82) is 0 Å². The fourth-order valence-electron chi connectivity index (χ4n) is 6.05. The Morgan fingerprint density at radius 3 is 2.59 bits per heavy atom. The third-order valence-corrected chi connectivity index (χ3v) is 8.95. The molecule has 260 valence electrons. The average molecular weight is 734 g/mol. The van der Waals surface area contributed by atoms with Gasteiger partial charge in [-0.25, -0.2) is 27.2 Å². The summed E-state index contributed by atoms with van der Waals surface area (Å²) in [5.41, 5.74) is 0.814. The summed E-state index contributed by atoms with van der Waals surface area (Å²) in [5, 5.41) is 25.1. The number of aromatic nitrogens is 7. The zero-order valence-corrected chi connectivity index (χ0v) is 28.2. The van der Waals surface area contributed by atoms with Crippen LogP contribution in [-0.2, 0) is 34.7 Å². The predicted molar refractivity (Wildman–Crippen MR) is 185 cm³/mol. The van der Waals surface area contributed by atoms with Crippen LogP contribution in [0.4, 0.5) is 14.6 Å². The lowest BCUT2D eigenvalue weighted by molar-refractivity contribution is -0.121. The molecule has 0 saturated heterocycles. The number of phenols is 1. The highest BCUT2D eigenvalue weighted by molar-refractivity contribution is 7.92. The van der Waals surface area contributed by atoms with E-state index in [4.69, 9.17) is 16.6 Å². The number of H-pyrrole nitrogens is 1. The van der Waals surface area contributed by atoms with E-state index in [0.717, 1.165) is 18.4 Å². The highest BCUT2D eigenvalue weighted by Crippen LogP contribution is 2.35. The normalized spacial score (nSPS) is 12.5. The van der Waals surface area contributed by atoms with Crippen molar-refractivity contribution in [3.05, 3.63) is 111 Å². The number of nitrogens with one attached hydrogen (secondary N) is 3. The number of halogens is 3. The van der Waals surface area contributed by atoms with Crippen molar-refractivity contribution in [2.75, 3.05) is 11.0 Å². The van der Waals surface area contributed by atoms with Gasteiger partial charge in [0.25, 0.3) is 5.56 Å². The van der Waals surface area contributed by atoms with Gasteiger partial charge in [-0.15, -0.1) is 0 Å². The first-order valence-electron chi connectivity index (χ1n) is 15.2. The number of amides is 1. The molecule has 0 saturated carbocycles. The average Bonchev–Trinajstić information content (AvgIpc) is 3.59. The van der Waals surface area contributed by atoms with E-state index in [1.807, 2.05) is 0 Å². The van der Waals surface area contributed by atoms with E-state index in [1.54, 1.807) is 12.1 Å². The number of anilines is 1. The molecule has 0 unspecified atom stereocenters. The molecule has 4 heterocycles. The molecule has 0 radical (unpaired) electrons.